The Bertz CT molecular complexity index is 340. The standard InChI is InChI=1S/C19H39NO6/c1-15(2)18(23)19(24)16(14-21)26-20-13-11-9-7-5-4-6-8-10-12-17(22)25-3/h15-16,18-21,23-24H,4-14H2,1-3H3. The zero-order valence-corrected chi connectivity index (χ0v) is 16.7. The van der Waals surface area contributed by atoms with E-state index >= 15 is 0 Å². The first kappa shape index (κ1) is 25.3. The summed E-state index contributed by atoms with van der Waals surface area (Å²) in [6.45, 7) is 3.89. The van der Waals surface area contributed by atoms with E-state index in [4.69, 9.17) is 4.84 Å². The number of methoxy groups -OCH3 is 1. The van der Waals surface area contributed by atoms with Crippen LogP contribution in [0.5, 0.6) is 0 Å². The summed E-state index contributed by atoms with van der Waals surface area (Å²) in [5, 5.41) is 29.0. The van der Waals surface area contributed by atoms with Crippen LogP contribution in [-0.4, -0.2) is 59.9 Å². The molecule has 0 saturated carbocycles. The Balaban J connectivity index is 3.50. The van der Waals surface area contributed by atoms with Crippen molar-refractivity contribution in [3.8, 4) is 0 Å². The normalized spacial score (nSPS) is 15.0. The fraction of sp³-hybridized carbons (Fsp3) is 0.947. The summed E-state index contributed by atoms with van der Waals surface area (Å²) in [4.78, 5) is 16.2. The van der Waals surface area contributed by atoms with Gasteiger partial charge in [-0.25, -0.2) is 5.48 Å². The maximum atomic E-state index is 11.0. The van der Waals surface area contributed by atoms with Crippen molar-refractivity contribution < 1.29 is 29.7 Å². The third-order valence-electron chi connectivity index (χ3n) is 4.47. The summed E-state index contributed by atoms with van der Waals surface area (Å²) >= 11 is 0. The van der Waals surface area contributed by atoms with E-state index in [1.165, 1.54) is 20.0 Å². The highest BCUT2D eigenvalue weighted by Crippen LogP contribution is 2.12. The predicted molar refractivity (Wildman–Crippen MR) is 100 cm³/mol. The Morgan fingerprint density at radius 2 is 1.46 bits per heavy atom. The average molecular weight is 378 g/mol. The lowest BCUT2D eigenvalue weighted by molar-refractivity contribution is -0.145. The molecule has 0 fully saturated rings. The first-order chi connectivity index (χ1) is 12.4. The molecule has 26 heavy (non-hydrogen) atoms. The van der Waals surface area contributed by atoms with E-state index in [2.05, 4.69) is 10.2 Å². The molecule has 0 aliphatic rings. The Labute approximate surface area is 158 Å². The summed E-state index contributed by atoms with van der Waals surface area (Å²) in [6, 6.07) is 0. The summed E-state index contributed by atoms with van der Waals surface area (Å²) in [5.74, 6) is -0.238. The highest BCUT2D eigenvalue weighted by atomic mass is 16.7. The smallest absolute Gasteiger partial charge is 0.305 e. The summed E-state index contributed by atoms with van der Waals surface area (Å²) in [7, 11) is 1.42. The molecule has 0 aromatic carbocycles. The quantitative estimate of drug-likeness (QED) is 0.174. The molecule has 156 valence electrons. The minimum Gasteiger partial charge on any atom is -0.469 e. The fourth-order valence-corrected chi connectivity index (χ4v) is 2.62. The van der Waals surface area contributed by atoms with Gasteiger partial charge in [0.1, 0.15) is 12.2 Å². The summed E-state index contributed by atoms with van der Waals surface area (Å²) in [5.41, 5.74) is 2.77. The summed E-state index contributed by atoms with van der Waals surface area (Å²) < 4.78 is 4.60. The van der Waals surface area contributed by atoms with Crippen LogP contribution in [0, 0.1) is 5.92 Å². The predicted octanol–water partition coefficient (Wildman–Crippen LogP) is 1.93. The van der Waals surface area contributed by atoms with Gasteiger partial charge in [0.05, 0.1) is 19.8 Å². The lowest BCUT2D eigenvalue weighted by Crippen LogP contribution is -2.46. The minimum atomic E-state index is -1.12. The van der Waals surface area contributed by atoms with Gasteiger partial charge < -0.3 is 20.1 Å². The number of carbonyl (C=O) groups is 1. The Morgan fingerprint density at radius 1 is 0.923 bits per heavy atom. The van der Waals surface area contributed by atoms with Gasteiger partial charge in [-0.15, -0.1) is 0 Å². The van der Waals surface area contributed by atoms with Crippen molar-refractivity contribution in [1.82, 2.24) is 5.48 Å². The molecule has 7 heteroatoms. The number of esters is 1. The number of hydrogen-bond acceptors (Lipinski definition) is 7. The number of hydroxylamine groups is 1. The number of carbonyl (C=O) groups excluding carboxylic acids is 1. The number of unbranched alkanes of at least 4 members (excludes halogenated alkanes) is 7. The molecule has 0 aliphatic carbocycles. The van der Waals surface area contributed by atoms with Crippen molar-refractivity contribution in [3.05, 3.63) is 0 Å². The minimum absolute atomic E-state index is 0.108. The van der Waals surface area contributed by atoms with E-state index in [0.29, 0.717) is 13.0 Å². The molecule has 0 amide bonds. The Kier molecular flexibility index (Phi) is 16.0. The first-order valence-corrected chi connectivity index (χ1v) is 9.86. The average Bonchev–Trinajstić information content (AvgIpc) is 2.64. The van der Waals surface area contributed by atoms with E-state index in [1.54, 1.807) is 13.8 Å². The van der Waals surface area contributed by atoms with Crippen molar-refractivity contribution in [2.45, 2.75) is 89.9 Å². The number of ether oxygens (including phenoxy) is 1. The van der Waals surface area contributed by atoms with Crippen LogP contribution in [0.15, 0.2) is 0 Å². The third kappa shape index (κ3) is 12.6. The fourth-order valence-electron chi connectivity index (χ4n) is 2.62. The highest BCUT2D eigenvalue weighted by molar-refractivity contribution is 5.68. The van der Waals surface area contributed by atoms with Crippen LogP contribution in [0.1, 0.15) is 71.6 Å². The number of nitrogens with one attached hydrogen (secondary N) is 1. The Hall–Kier alpha value is -0.730. The van der Waals surface area contributed by atoms with Gasteiger partial charge in [-0.3, -0.25) is 9.63 Å². The van der Waals surface area contributed by atoms with Crippen LogP contribution < -0.4 is 5.48 Å². The van der Waals surface area contributed by atoms with Crippen LogP contribution >= 0.6 is 0 Å². The van der Waals surface area contributed by atoms with Crippen molar-refractivity contribution in [2.24, 2.45) is 5.92 Å². The molecular formula is C19H39NO6. The molecule has 0 radical (unpaired) electrons. The monoisotopic (exact) mass is 377 g/mol. The van der Waals surface area contributed by atoms with Crippen LogP contribution in [0.2, 0.25) is 0 Å². The van der Waals surface area contributed by atoms with E-state index in [0.717, 1.165) is 38.5 Å². The van der Waals surface area contributed by atoms with Gasteiger partial charge in [0.2, 0.25) is 0 Å². The largest absolute Gasteiger partial charge is 0.469 e. The van der Waals surface area contributed by atoms with E-state index in [1.807, 2.05) is 0 Å². The SMILES string of the molecule is COC(=O)CCCCCCCCCCNOC(CO)C(O)C(O)C(C)C. The second kappa shape index (κ2) is 16.4. The number of aliphatic hydroxyl groups excluding tert-OH is 3. The van der Waals surface area contributed by atoms with Crippen LogP contribution in [-0.2, 0) is 14.4 Å². The topological polar surface area (TPSA) is 108 Å². The maximum absolute atomic E-state index is 11.0. The maximum Gasteiger partial charge on any atom is 0.305 e. The molecule has 0 heterocycles. The third-order valence-corrected chi connectivity index (χ3v) is 4.47. The van der Waals surface area contributed by atoms with E-state index in [-0.39, 0.29) is 18.5 Å². The van der Waals surface area contributed by atoms with Crippen LogP contribution in [0.4, 0.5) is 0 Å². The van der Waals surface area contributed by atoms with Crippen molar-refractivity contribution in [1.29, 1.82) is 0 Å². The summed E-state index contributed by atoms with van der Waals surface area (Å²) in [6.07, 6.45) is 6.28. The van der Waals surface area contributed by atoms with Gasteiger partial charge in [0.15, 0.2) is 0 Å². The van der Waals surface area contributed by atoms with Crippen molar-refractivity contribution >= 4 is 5.97 Å². The zero-order valence-electron chi connectivity index (χ0n) is 16.7. The van der Waals surface area contributed by atoms with Gasteiger partial charge >= 0.3 is 5.97 Å². The van der Waals surface area contributed by atoms with Gasteiger partial charge in [-0.05, 0) is 18.8 Å². The molecule has 0 aliphatic heterocycles. The van der Waals surface area contributed by atoms with Crippen LogP contribution in [0.3, 0.4) is 0 Å². The second-order valence-corrected chi connectivity index (χ2v) is 7.11. The van der Waals surface area contributed by atoms with Gasteiger partial charge in [-0.1, -0.05) is 52.4 Å². The highest BCUT2D eigenvalue weighted by Gasteiger charge is 2.28. The zero-order chi connectivity index (χ0) is 19.8. The molecular weight excluding hydrogens is 338 g/mol. The van der Waals surface area contributed by atoms with E-state index < -0.39 is 18.3 Å². The molecule has 0 rings (SSSR count). The molecule has 3 unspecified atom stereocenters. The first-order valence-electron chi connectivity index (χ1n) is 9.86. The molecule has 3 atom stereocenters. The van der Waals surface area contributed by atoms with Gasteiger partial charge in [0.25, 0.3) is 0 Å². The lowest BCUT2D eigenvalue weighted by atomic mass is 9.98. The molecule has 0 aromatic heterocycles. The number of hydrogen-bond donors (Lipinski definition) is 4. The molecule has 0 aromatic rings. The van der Waals surface area contributed by atoms with E-state index in [9.17, 15) is 20.1 Å². The van der Waals surface area contributed by atoms with Gasteiger partial charge in [-0.2, -0.15) is 0 Å². The van der Waals surface area contributed by atoms with Gasteiger partial charge in [0, 0.05) is 13.0 Å². The van der Waals surface area contributed by atoms with Crippen molar-refractivity contribution in [2.75, 3.05) is 20.3 Å². The van der Waals surface area contributed by atoms with Crippen LogP contribution in [0.25, 0.3) is 0 Å². The van der Waals surface area contributed by atoms with Crippen molar-refractivity contribution in [3.63, 3.8) is 0 Å². The molecule has 0 bridgehead atoms. The molecule has 7 nitrogen and oxygen atoms in total. The number of aliphatic hydroxyl groups is 3. The molecule has 4 N–H and O–H groups in total. The number of rotatable bonds is 17. The lowest BCUT2D eigenvalue weighted by Gasteiger charge is -2.27. The Morgan fingerprint density at radius 3 is 1.96 bits per heavy atom. The second-order valence-electron chi connectivity index (χ2n) is 7.11. The molecule has 0 spiro atoms. The molecule has 0 saturated heterocycles.